The number of nitrogens with one attached hydrogen (secondary N) is 1. The number of rotatable bonds is 1. The van der Waals surface area contributed by atoms with Crippen molar-refractivity contribution in [1.29, 1.82) is 5.26 Å². The molecule has 3 nitrogen and oxygen atoms in total. The largest absolute Gasteiger partial charge is 0.310 e. The molecule has 10 heavy (non-hydrogen) atoms. The Morgan fingerprint density at radius 2 is 2.60 bits per heavy atom. The molecule has 1 heterocycles. The fraction of sp³-hybridized carbons (Fsp3) is 0.833. The van der Waals surface area contributed by atoms with Gasteiger partial charge in [0, 0.05) is 48.5 Å². The first kappa shape index (κ1) is 8.24. The van der Waals surface area contributed by atoms with Crippen LogP contribution in [0.15, 0.2) is 0 Å². The zero-order chi connectivity index (χ0) is 7.40. The highest BCUT2D eigenvalue weighted by molar-refractivity contribution is 14.1. The molecule has 0 saturated carbocycles. The van der Waals surface area contributed by atoms with E-state index >= 15 is 0 Å². The van der Waals surface area contributed by atoms with E-state index in [2.05, 4.69) is 37.4 Å². The topological polar surface area (TPSA) is 39.1 Å². The van der Waals surface area contributed by atoms with Crippen LogP contribution in [0.4, 0.5) is 0 Å². The summed E-state index contributed by atoms with van der Waals surface area (Å²) in [6.45, 7) is 3.09. The van der Waals surface area contributed by atoms with Gasteiger partial charge in [0.2, 0.25) is 0 Å². The van der Waals surface area contributed by atoms with Crippen molar-refractivity contribution in [3.05, 3.63) is 0 Å². The van der Waals surface area contributed by atoms with Crippen LogP contribution < -0.4 is 5.32 Å². The Labute approximate surface area is 74.9 Å². The van der Waals surface area contributed by atoms with Gasteiger partial charge in [0.05, 0.1) is 12.5 Å². The van der Waals surface area contributed by atoms with Gasteiger partial charge in [-0.1, -0.05) is 0 Å². The maximum Gasteiger partial charge on any atom is 0.0638 e. The first-order valence-electron chi connectivity index (χ1n) is 3.34. The Kier molecular flexibility index (Phi) is 3.39. The third-order valence-electron chi connectivity index (χ3n) is 1.54. The number of halogens is 1. The summed E-state index contributed by atoms with van der Waals surface area (Å²) in [6.07, 6.45) is 0.625. The normalized spacial score (nSPS) is 27.8. The van der Waals surface area contributed by atoms with Gasteiger partial charge in [-0.05, 0) is 0 Å². The molecule has 0 spiro atoms. The molecule has 0 bridgehead atoms. The standard InChI is InChI=1S/C6H10IN3/c7-10-4-3-9-6(5-10)1-2-8/h6,9H,1,3-5H2. The molecule has 0 aromatic heterocycles. The lowest BCUT2D eigenvalue weighted by molar-refractivity contribution is 0.343. The van der Waals surface area contributed by atoms with Gasteiger partial charge in [-0.2, -0.15) is 5.26 Å². The number of piperazine rings is 1. The molecular weight excluding hydrogens is 241 g/mol. The van der Waals surface area contributed by atoms with E-state index in [4.69, 9.17) is 5.26 Å². The Hall–Kier alpha value is 0.140. The van der Waals surface area contributed by atoms with E-state index in [-0.39, 0.29) is 0 Å². The monoisotopic (exact) mass is 251 g/mol. The highest BCUT2D eigenvalue weighted by Gasteiger charge is 2.15. The van der Waals surface area contributed by atoms with Crippen molar-refractivity contribution in [2.45, 2.75) is 12.5 Å². The number of hydrogen-bond donors (Lipinski definition) is 1. The Morgan fingerprint density at radius 1 is 1.80 bits per heavy atom. The van der Waals surface area contributed by atoms with Crippen LogP contribution in [0.25, 0.3) is 0 Å². The van der Waals surface area contributed by atoms with E-state index in [1.165, 1.54) is 0 Å². The van der Waals surface area contributed by atoms with Gasteiger partial charge in [0.25, 0.3) is 0 Å². The molecule has 1 unspecified atom stereocenters. The van der Waals surface area contributed by atoms with Gasteiger partial charge in [-0.25, -0.2) is 3.11 Å². The van der Waals surface area contributed by atoms with Crippen molar-refractivity contribution in [3.8, 4) is 6.07 Å². The minimum atomic E-state index is 0.385. The summed E-state index contributed by atoms with van der Waals surface area (Å²) in [7, 11) is 0. The molecule has 56 valence electrons. The fourth-order valence-electron chi connectivity index (χ4n) is 1.03. The van der Waals surface area contributed by atoms with Gasteiger partial charge >= 0.3 is 0 Å². The summed E-state index contributed by atoms with van der Waals surface area (Å²) in [5, 5.41) is 11.7. The van der Waals surface area contributed by atoms with Crippen LogP contribution >= 0.6 is 22.9 Å². The van der Waals surface area contributed by atoms with Crippen molar-refractivity contribution in [2.24, 2.45) is 0 Å². The molecule has 4 heteroatoms. The molecule has 0 aromatic carbocycles. The lowest BCUT2D eigenvalue weighted by Crippen LogP contribution is -2.46. The summed E-state index contributed by atoms with van der Waals surface area (Å²) in [5.74, 6) is 0. The maximum atomic E-state index is 8.39. The Bertz CT molecular complexity index is 142. The lowest BCUT2D eigenvalue weighted by atomic mass is 10.2. The molecule has 0 aliphatic carbocycles. The molecule has 0 amide bonds. The average Bonchev–Trinajstić information content (AvgIpc) is 1.88. The van der Waals surface area contributed by atoms with Crippen LogP contribution in [-0.4, -0.2) is 28.8 Å². The van der Waals surface area contributed by atoms with Gasteiger partial charge < -0.3 is 5.32 Å². The number of hydrogen-bond acceptors (Lipinski definition) is 3. The summed E-state index contributed by atoms with van der Waals surface area (Å²) < 4.78 is 2.22. The zero-order valence-electron chi connectivity index (χ0n) is 5.68. The molecule has 0 radical (unpaired) electrons. The van der Waals surface area contributed by atoms with Gasteiger partial charge in [-0.15, -0.1) is 0 Å². The first-order valence-corrected chi connectivity index (χ1v) is 4.30. The van der Waals surface area contributed by atoms with E-state index in [0.29, 0.717) is 12.5 Å². The maximum absolute atomic E-state index is 8.39. The van der Waals surface area contributed by atoms with Crippen LogP contribution in [0.5, 0.6) is 0 Å². The molecule has 1 fully saturated rings. The van der Waals surface area contributed by atoms with Gasteiger partial charge in [0.15, 0.2) is 0 Å². The summed E-state index contributed by atoms with van der Waals surface area (Å²) in [5.41, 5.74) is 0. The molecule has 1 N–H and O–H groups in total. The van der Waals surface area contributed by atoms with Crippen LogP contribution in [0.2, 0.25) is 0 Å². The Balaban J connectivity index is 2.27. The van der Waals surface area contributed by atoms with Crippen LogP contribution in [-0.2, 0) is 0 Å². The van der Waals surface area contributed by atoms with Gasteiger partial charge in [-0.3, -0.25) is 0 Å². The third kappa shape index (κ3) is 2.40. The van der Waals surface area contributed by atoms with Crippen LogP contribution in [0.3, 0.4) is 0 Å². The third-order valence-corrected chi connectivity index (χ3v) is 2.42. The SMILES string of the molecule is N#CCC1CN(I)CCN1. The molecular formula is C6H10IN3. The van der Waals surface area contributed by atoms with E-state index < -0.39 is 0 Å². The predicted octanol–water partition coefficient (Wildman–Crippen LogP) is 0.524. The minimum absolute atomic E-state index is 0.385. The summed E-state index contributed by atoms with van der Waals surface area (Å²) >= 11 is 2.30. The second-order valence-corrected chi connectivity index (χ2v) is 3.75. The van der Waals surface area contributed by atoms with Crippen molar-refractivity contribution in [2.75, 3.05) is 19.6 Å². The second-order valence-electron chi connectivity index (χ2n) is 2.38. The molecule has 1 aliphatic heterocycles. The van der Waals surface area contributed by atoms with E-state index in [1.807, 2.05) is 0 Å². The van der Waals surface area contributed by atoms with Crippen molar-refractivity contribution in [1.82, 2.24) is 8.43 Å². The number of nitriles is 1. The van der Waals surface area contributed by atoms with Crippen molar-refractivity contribution < 1.29 is 0 Å². The van der Waals surface area contributed by atoms with Crippen LogP contribution in [0, 0.1) is 11.3 Å². The van der Waals surface area contributed by atoms with E-state index in [9.17, 15) is 0 Å². The first-order chi connectivity index (χ1) is 4.83. The molecule has 1 atom stereocenters. The quantitative estimate of drug-likeness (QED) is 0.545. The van der Waals surface area contributed by atoms with Crippen molar-refractivity contribution >= 4 is 22.9 Å². The Morgan fingerprint density at radius 3 is 3.20 bits per heavy atom. The van der Waals surface area contributed by atoms with Gasteiger partial charge in [0.1, 0.15) is 0 Å². The van der Waals surface area contributed by atoms with Crippen molar-refractivity contribution in [3.63, 3.8) is 0 Å². The van der Waals surface area contributed by atoms with E-state index in [0.717, 1.165) is 19.6 Å². The molecule has 0 aromatic rings. The fourth-order valence-corrected chi connectivity index (χ4v) is 1.75. The van der Waals surface area contributed by atoms with E-state index in [1.54, 1.807) is 0 Å². The summed E-state index contributed by atoms with van der Waals surface area (Å²) in [6, 6.07) is 2.55. The smallest absolute Gasteiger partial charge is 0.0638 e. The molecule has 1 aliphatic rings. The summed E-state index contributed by atoms with van der Waals surface area (Å²) in [4.78, 5) is 0. The highest BCUT2D eigenvalue weighted by atomic mass is 127. The zero-order valence-corrected chi connectivity index (χ0v) is 7.84. The minimum Gasteiger partial charge on any atom is -0.310 e. The molecule has 1 saturated heterocycles. The number of nitrogens with zero attached hydrogens (tertiary/aromatic N) is 2. The molecule has 1 rings (SSSR count). The lowest BCUT2D eigenvalue weighted by Gasteiger charge is -2.27. The average molecular weight is 251 g/mol. The second kappa shape index (κ2) is 4.11. The predicted molar refractivity (Wildman–Crippen MR) is 47.6 cm³/mol. The highest BCUT2D eigenvalue weighted by Crippen LogP contribution is 2.06. The van der Waals surface area contributed by atoms with Crippen LogP contribution in [0.1, 0.15) is 6.42 Å².